The Labute approximate surface area is 98.9 Å². The molecule has 1 heterocycles. The number of benzene rings is 1. The first-order valence-corrected chi connectivity index (χ1v) is 6.04. The van der Waals surface area contributed by atoms with E-state index in [0.29, 0.717) is 0 Å². The first-order valence-electron chi connectivity index (χ1n) is 5.16. The predicted octanol–water partition coefficient (Wildman–Crippen LogP) is 3.43. The van der Waals surface area contributed by atoms with Crippen LogP contribution in [0, 0.1) is 0 Å². The SMILES string of the molecule is C[C@H](Nc1ccccc1)C(=O)c1cccs1. The number of Topliss-reactive ketones (excluding diaryl/α,β-unsaturated/α-hetero) is 1. The smallest absolute Gasteiger partial charge is 0.194 e. The fourth-order valence-electron chi connectivity index (χ4n) is 1.48. The van der Waals surface area contributed by atoms with Crippen LogP contribution in [0.2, 0.25) is 0 Å². The zero-order valence-corrected chi connectivity index (χ0v) is 9.83. The molecule has 2 aromatic rings. The lowest BCUT2D eigenvalue weighted by Gasteiger charge is -2.12. The Morgan fingerprint density at radius 1 is 1.19 bits per heavy atom. The number of para-hydroxylation sites is 1. The van der Waals surface area contributed by atoms with E-state index < -0.39 is 0 Å². The van der Waals surface area contributed by atoms with Gasteiger partial charge in [-0.15, -0.1) is 11.3 Å². The lowest BCUT2D eigenvalue weighted by atomic mass is 10.1. The van der Waals surface area contributed by atoms with E-state index in [2.05, 4.69) is 5.32 Å². The summed E-state index contributed by atoms with van der Waals surface area (Å²) in [4.78, 5) is 12.8. The van der Waals surface area contributed by atoms with E-state index in [4.69, 9.17) is 0 Å². The van der Waals surface area contributed by atoms with Crippen LogP contribution in [0.5, 0.6) is 0 Å². The van der Waals surface area contributed by atoms with Gasteiger partial charge in [-0.1, -0.05) is 24.3 Å². The second-order valence-corrected chi connectivity index (χ2v) is 4.52. The summed E-state index contributed by atoms with van der Waals surface area (Å²) < 4.78 is 0. The van der Waals surface area contributed by atoms with Gasteiger partial charge < -0.3 is 5.32 Å². The zero-order valence-electron chi connectivity index (χ0n) is 9.01. The van der Waals surface area contributed by atoms with Gasteiger partial charge in [0, 0.05) is 5.69 Å². The monoisotopic (exact) mass is 231 g/mol. The summed E-state index contributed by atoms with van der Waals surface area (Å²) in [7, 11) is 0. The maximum Gasteiger partial charge on any atom is 0.194 e. The summed E-state index contributed by atoms with van der Waals surface area (Å²) in [5, 5.41) is 5.11. The molecular weight excluding hydrogens is 218 g/mol. The number of carbonyl (C=O) groups is 1. The number of rotatable bonds is 4. The van der Waals surface area contributed by atoms with Crippen molar-refractivity contribution in [2.24, 2.45) is 0 Å². The molecule has 1 aromatic heterocycles. The molecule has 0 spiro atoms. The number of carbonyl (C=O) groups excluding carboxylic acids is 1. The van der Waals surface area contributed by atoms with E-state index in [0.717, 1.165) is 10.6 Å². The van der Waals surface area contributed by atoms with Crippen LogP contribution in [-0.4, -0.2) is 11.8 Å². The highest BCUT2D eigenvalue weighted by molar-refractivity contribution is 7.12. The molecule has 2 nitrogen and oxygen atoms in total. The Morgan fingerprint density at radius 2 is 1.94 bits per heavy atom. The Bertz CT molecular complexity index is 450. The Hall–Kier alpha value is -1.61. The van der Waals surface area contributed by atoms with Crippen LogP contribution >= 0.6 is 11.3 Å². The van der Waals surface area contributed by atoms with E-state index in [1.165, 1.54) is 11.3 Å². The largest absolute Gasteiger partial charge is 0.375 e. The number of nitrogens with one attached hydrogen (secondary N) is 1. The molecule has 0 fully saturated rings. The molecule has 1 aromatic carbocycles. The summed E-state index contributed by atoms with van der Waals surface area (Å²) in [5.74, 6) is 0.138. The van der Waals surface area contributed by atoms with Crippen LogP contribution in [0.3, 0.4) is 0 Å². The van der Waals surface area contributed by atoms with Gasteiger partial charge in [0.05, 0.1) is 10.9 Å². The molecule has 0 saturated carbocycles. The quantitative estimate of drug-likeness (QED) is 0.817. The third-order valence-electron chi connectivity index (χ3n) is 2.31. The third-order valence-corrected chi connectivity index (χ3v) is 3.20. The molecule has 16 heavy (non-hydrogen) atoms. The van der Waals surface area contributed by atoms with E-state index >= 15 is 0 Å². The molecule has 0 radical (unpaired) electrons. The normalized spacial score (nSPS) is 12.1. The Morgan fingerprint density at radius 3 is 2.56 bits per heavy atom. The predicted molar refractivity (Wildman–Crippen MR) is 68.2 cm³/mol. The maximum absolute atomic E-state index is 12.0. The molecule has 0 aliphatic rings. The lowest BCUT2D eigenvalue weighted by molar-refractivity contribution is 0.0979. The Kier molecular flexibility index (Phi) is 3.37. The minimum absolute atomic E-state index is 0.138. The number of hydrogen-bond acceptors (Lipinski definition) is 3. The first kappa shape index (κ1) is 10.9. The minimum atomic E-state index is -0.193. The summed E-state index contributed by atoms with van der Waals surface area (Å²) in [6.45, 7) is 1.88. The number of hydrogen-bond donors (Lipinski definition) is 1. The van der Waals surface area contributed by atoms with Crippen LogP contribution in [0.4, 0.5) is 5.69 Å². The molecule has 2 rings (SSSR count). The average molecular weight is 231 g/mol. The average Bonchev–Trinajstić information content (AvgIpc) is 2.83. The number of ketones is 1. The molecule has 0 unspecified atom stereocenters. The van der Waals surface area contributed by atoms with Crippen molar-refractivity contribution in [2.45, 2.75) is 13.0 Å². The van der Waals surface area contributed by atoms with Crippen molar-refractivity contribution in [2.75, 3.05) is 5.32 Å². The highest BCUT2D eigenvalue weighted by Gasteiger charge is 2.15. The van der Waals surface area contributed by atoms with E-state index in [1.807, 2.05) is 54.8 Å². The fourth-order valence-corrected chi connectivity index (χ4v) is 2.24. The molecule has 0 amide bonds. The topological polar surface area (TPSA) is 29.1 Å². The van der Waals surface area contributed by atoms with Crippen molar-refractivity contribution in [1.82, 2.24) is 0 Å². The van der Waals surface area contributed by atoms with Gasteiger partial charge in [0.25, 0.3) is 0 Å². The molecule has 0 saturated heterocycles. The van der Waals surface area contributed by atoms with Gasteiger partial charge in [0.15, 0.2) is 5.78 Å². The standard InChI is InChI=1S/C13H13NOS/c1-10(13(15)12-8-5-9-16-12)14-11-6-3-2-4-7-11/h2-10,14H,1H3/t10-/m0/s1. The van der Waals surface area contributed by atoms with Gasteiger partial charge in [-0.2, -0.15) is 0 Å². The van der Waals surface area contributed by atoms with Gasteiger partial charge in [-0.3, -0.25) is 4.79 Å². The summed E-state index contributed by atoms with van der Waals surface area (Å²) in [6.07, 6.45) is 0. The van der Waals surface area contributed by atoms with Crippen LogP contribution < -0.4 is 5.32 Å². The number of thiophene rings is 1. The second-order valence-electron chi connectivity index (χ2n) is 3.57. The molecule has 0 bridgehead atoms. The maximum atomic E-state index is 12.0. The molecule has 1 atom stereocenters. The van der Waals surface area contributed by atoms with Crippen molar-refractivity contribution >= 4 is 22.8 Å². The van der Waals surface area contributed by atoms with Crippen LogP contribution in [-0.2, 0) is 0 Å². The second kappa shape index (κ2) is 4.94. The van der Waals surface area contributed by atoms with Gasteiger partial charge in [-0.25, -0.2) is 0 Å². The van der Waals surface area contributed by atoms with Gasteiger partial charge in [-0.05, 0) is 30.5 Å². The summed E-state index contributed by atoms with van der Waals surface area (Å²) in [6, 6.07) is 13.3. The van der Waals surface area contributed by atoms with E-state index in [-0.39, 0.29) is 11.8 Å². The molecule has 82 valence electrons. The lowest BCUT2D eigenvalue weighted by Crippen LogP contribution is -2.25. The first-order chi connectivity index (χ1) is 7.77. The van der Waals surface area contributed by atoms with Crippen LogP contribution in [0.1, 0.15) is 16.6 Å². The van der Waals surface area contributed by atoms with E-state index in [1.54, 1.807) is 0 Å². The van der Waals surface area contributed by atoms with Crippen molar-refractivity contribution in [3.63, 3.8) is 0 Å². The van der Waals surface area contributed by atoms with Gasteiger partial charge in [0.2, 0.25) is 0 Å². The highest BCUT2D eigenvalue weighted by atomic mass is 32.1. The summed E-state index contributed by atoms with van der Waals surface area (Å²) >= 11 is 1.48. The van der Waals surface area contributed by atoms with Crippen molar-refractivity contribution in [3.8, 4) is 0 Å². The Balaban J connectivity index is 2.04. The zero-order chi connectivity index (χ0) is 11.4. The fraction of sp³-hybridized carbons (Fsp3) is 0.154. The molecule has 1 N–H and O–H groups in total. The molecule has 0 aliphatic heterocycles. The van der Waals surface area contributed by atoms with Crippen molar-refractivity contribution in [1.29, 1.82) is 0 Å². The molecular formula is C13H13NOS. The van der Waals surface area contributed by atoms with Gasteiger partial charge >= 0.3 is 0 Å². The molecule has 0 aliphatic carbocycles. The minimum Gasteiger partial charge on any atom is -0.375 e. The summed E-state index contributed by atoms with van der Waals surface area (Å²) in [5.41, 5.74) is 0.972. The van der Waals surface area contributed by atoms with Crippen LogP contribution in [0.25, 0.3) is 0 Å². The number of anilines is 1. The van der Waals surface area contributed by atoms with E-state index in [9.17, 15) is 4.79 Å². The highest BCUT2D eigenvalue weighted by Crippen LogP contribution is 2.14. The van der Waals surface area contributed by atoms with Gasteiger partial charge in [0.1, 0.15) is 0 Å². The van der Waals surface area contributed by atoms with Crippen molar-refractivity contribution < 1.29 is 4.79 Å². The third kappa shape index (κ3) is 2.49. The van der Waals surface area contributed by atoms with Crippen molar-refractivity contribution in [3.05, 3.63) is 52.7 Å². The molecule has 3 heteroatoms. The van der Waals surface area contributed by atoms with Crippen LogP contribution in [0.15, 0.2) is 47.8 Å².